The number of hydrogen-bond donors (Lipinski definition) is 0. The molecule has 1 aliphatic carbocycles. The minimum Gasteiger partial charge on any atom is -0.342 e. The zero-order valence-corrected chi connectivity index (χ0v) is 22.8. The molecular formula is C33H30N4OS. The number of aliphatic imine (C=N–C) groups is 1. The number of benzene rings is 3. The van der Waals surface area contributed by atoms with Gasteiger partial charge in [0.1, 0.15) is 0 Å². The number of nitrogens with zero attached hydrogens (tertiary/aromatic N) is 4. The molecule has 0 bridgehead atoms. The Morgan fingerprint density at radius 2 is 1.74 bits per heavy atom. The van der Waals surface area contributed by atoms with Crippen LogP contribution in [0.2, 0.25) is 0 Å². The lowest BCUT2D eigenvalue weighted by Crippen LogP contribution is -2.44. The molecule has 0 radical (unpaired) electrons. The van der Waals surface area contributed by atoms with Gasteiger partial charge < -0.3 is 4.57 Å². The number of rotatable bonds is 5. The molecule has 194 valence electrons. The predicted octanol–water partition coefficient (Wildman–Crippen LogP) is 7.74. The van der Waals surface area contributed by atoms with Gasteiger partial charge in [-0.3, -0.25) is 9.69 Å². The van der Waals surface area contributed by atoms with Crippen LogP contribution in [0.15, 0.2) is 95.0 Å². The Bertz CT molecular complexity index is 1630. The van der Waals surface area contributed by atoms with Gasteiger partial charge in [0.05, 0.1) is 22.2 Å². The van der Waals surface area contributed by atoms with E-state index in [1.165, 1.54) is 18.2 Å². The molecule has 1 saturated carbocycles. The Balaban J connectivity index is 1.40. The Hall–Kier alpha value is -4.08. The number of nitriles is 1. The zero-order valence-electron chi connectivity index (χ0n) is 22.0. The molecular weight excluding hydrogens is 500 g/mol. The fourth-order valence-corrected chi connectivity index (χ4v) is 6.80. The Labute approximate surface area is 233 Å². The summed E-state index contributed by atoms with van der Waals surface area (Å²) in [6, 6.07) is 28.3. The number of hydrogen-bond acceptors (Lipinski definition) is 4. The molecule has 2 fully saturated rings. The fraction of sp³-hybridized carbons (Fsp3) is 0.242. The van der Waals surface area contributed by atoms with E-state index in [0.29, 0.717) is 22.9 Å². The number of carbonyl (C=O) groups is 1. The van der Waals surface area contributed by atoms with Crippen molar-refractivity contribution < 1.29 is 4.79 Å². The number of carbonyl (C=O) groups excluding carboxylic acids is 1. The highest BCUT2D eigenvalue weighted by molar-refractivity contribution is 8.18. The summed E-state index contributed by atoms with van der Waals surface area (Å²) < 4.78 is 2.17. The average molecular weight is 531 g/mol. The van der Waals surface area contributed by atoms with E-state index >= 15 is 0 Å². The highest BCUT2D eigenvalue weighted by Gasteiger charge is 2.41. The van der Waals surface area contributed by atoms with E-state index in [9.17, 15) is 10.1 Å². The number of para-hydroxylation sites is 2. The minimum atomic E-state index is 0.0417. The van der Waals surface area contributed by atoms with E-state index in [-0.39, 0.29) is 11.9 Å². The van der Waals surface area contributed by atoms with Crippen molar-refractivity contribution in [2.24, 2.45) is 10.9 Å². The molecule has 5 nitrogen and oxygen atoms in total. The van der Waals surface area contributed by atoms with Crippen molar-refractivity contribution in [3.05, 3.63) is 107 Å². The normalized spacial score (nSPS) is 21.6. The van der Waals surface area contributed by atoms with Gasteiger partial charge in [-0.05, 0) is 66.4 Å². The maximum atomic E-state index is 14.0. The standard InChI is InChI=1S/C33H30N4OS/c1-23-11-5-9-17-29(23)37-32(38)31(39-33(37)35-27-14-3-2-4-15-27)19-26-22-36(30-18-10-8-16-28(26)30)21-25-13-7-6-12-24(25)20-34/h2-4,6-8,10,12-16,18-19,22-23,29H,5,9,11,17,21H2,1H3/b31-19-,35-33?/t23-,29+/m1/s1. The number of thioether (sulfide) groups is 1. The predicted molar refractivity (Wildman–Crippen MR) is 160 cm³/mol. The van der Waals surface area contributed by atoms with Crippen molar-refractivity contribution in [1.82, 2.24) is 9.47 Å². The first kappa shape index (κ1) is 25.2. The van der Waals surface area contributed by atoms with Gasteiger partial charge in [-0.25, -0.2) is 4.99 Å². The van der Waals surface area contributed by atoms with Crippen LogP contribution in [0.25, 0.3) is 17.0 Å². The largest absolute Gasteiger partial charge is 0.342 e. The molecule has 4 aromatic rings. The van der Waals surface area contributed by atoms with Crippen LogP contribution in [0.5, 0.6) is 0 Å². The first-order chi connectivity index (χ1) is 19.1. The van der Waals surface area contributed by atoms with E-state index in [0.717, 1.165) is 52.1 Å². The summed E-state index contributed by atoms with van der Waals surface area (Å²) in [6.07, 6.45) is 8.62. The van der Waals surface area contributed by atoms with Gasteiger partial charge in [-0.15, -0.1) is 0 Å². The summed E-state index contributed by atoms with van der Waals surface area (Å²) >= 11 is 1.48. The smallest absolute Gasteiger partial charge is 0.267 e. The highest BCUT2D eigenvalue weighted by Crippen LogP contribution is 2.40. The van der Waals surface area contributed by atoms with Crippen LogP contribution < -0.4 is 0 Å². The summed E-state index contributed by atoms with van der Waals surface area (Å²) in [5, 5.41) is 11.4. The molecule has 6 heteroatoms. The molecule has 1 saturated heterocycles. The van der Waals surface area contributed by atoms with Crippen LogP contribution >= 0.6 is 11.8 Å². The Morgan fingerprint density at radius 3 is 2.56 bits per heavy atom. The summed E-state index contributed by atoms with van der Waals surface area (Å²) in [7, 11) is 0. The molecule has 1 aromatic heterocycles. The molecule has 6 rings (SSSR count). The van der Waals surface area contributed by atoms with Gasteiger partial charge >= 0.3 is 0 Å². The van der Waals surface area contributed by atoms with Gasteiger partial charge in [0.15, 0.2) is 5.17 Å². The van der Waals surface area contributed by atoms with Crippen LogP contribution in [0.3, 0.4) is 0 Å². The molecule has 0 N–H and O–H groups in total. The summed E-state index contributed by atoms with van der Waals surface area (Å²) in [6.45, 7) is 2.84. The van der Waals surface area contributed by atoms with E-state index in [1.807, 2.05) is 77.7 Å². The van der Waals surface area contributed by atoms with Gasteiger partial charge in [-0.1, -0.05) is 74.4 Å². The lowest BCUT2D eigenvalue weighted by molar-refractivity contribution is -0.124. The second-order valence-corrected chi connectivity index (χ2v) is 11.4. The van der Waals surface area contributed by atoms with Crippen LogP contribution in [0.1, 0.15) is 49.3 Å². The number of amidine groups is 1. The van der Waals surface area contributed by atoms with E-state index in [1.54, 1.807) is 0 Å². The van der Waals surface area contributed by atoms with Gasteiger partial charge in [-0.2, -0.15) is 5.26 Å². The maximum absolute atomic E-state index is 14.0. The number of fused-ring (bicyclic) bond motifs is 1. The van der Waals surface area contributed by atoms with Crippen molar-refractivity contribution >= 4 is 45.5 Å². The lowest BCUT2D eigenvalue weighted by atomic mass is 9.85. The van der Waals surface area contributed by atoms with Gasteiger partial charge in [0, 0.05) is 35.2 Å². The third-order valence-electron chi connectivity index (χ3n) is 7.80. The van der Waals surface area contributed by atoms with Crippen LogP contribution in [-0.4, -0.2) is 26.6 Å². The van der Waals surface area contributed by atoms with Crippen LogP contribution in [-0.2, 0) is 11.3 Å². The first-order valence-corrected chi connectivity index (χ1v) is 14.4. The van der Waals surface area contributed by atoms with E-state index < -0.39 is 0 Å². The highest BCUT2D eigenvalue weighted by atomic mass is 32.2. The summed E-state index contributed by atoms with van der Waals surface area (Å²) in [4.78, 5) is 21.6. The number of aromatic nitrogens is 1. The Kier molecular flexibility index (Phi) is 7.08. The topological polar surface area (TPSA) is 61.4 Å². The van der Waals surface area contributed by atoms with Crippen molar-refractivity contribution in [3.8, 4) is 6.07 Å². The minimum absolute atomic E-state index is 0.0417. The summed E-state index contributed by atoms with van der Waals surface area (Å²) in [5.74, 6) is 0.478. The molecule has 2 aliphatic rings. The average Bonchev–Trinajstić information content (AvgIpc) is 3.46. The molecule has 2 heterocycles. The van der Waals surface area contributed by atoms with Gasteiger partial charge in [0.25, 0.3) is 5.91 Å². The SMILES string of the molecule is C[C@@H]1CCCC[C@@H]1N1C(=O)/C(=C/c2cn(Cc3ccccc3C#N)c3ccccc23)SC1=Nc1ccccc1. The molecule has 39 heavy (non-hydrogen) atoms. The van der Waals surface area contributed by atoms with E-state index in [2.05, 4.69) is 35.9 Å². The molecule has 1 amide bonds. The molecule has 3 aromatic carbocycles. The second-order valence-electron chi connectivity index (χ2n) is 10.3. The second kappa shape index (κ2) is 11.0. The number of amides is 1. The van der Waals surface area contributed by atoms with Crippen LogP contribution in [0.4, 0.5) is 5.69 Å². The first-order valence-electron chi connectivity index (χ1n) is 13.5. The quantitative estimate of drug-likeness (QED) is 0.248. The maximum Gasteiger partial charge on any atom is 0.267 e. The lowest BCUT2D eigenvalue weighted by Gasteiger charge is -2.35. The van der Waals surface area contributed by atoms with Crippen molar-refractivity contribution in [2.75, 3.05) is 0 Å². The van der Waals surface area contributed by atoms with Crippen molar-refractivity contribution in [2.45, 2.75) is 45.2 Å². The van der Waals surface area contributed by atoms with Crippen LogP contribution in [0, 0.1) is 17.2 Å². The Morgan fingerprint density at radius 1 is 1.00 bits per heavy atom. The van der Waals surface area contributed by atoms with Crippen molar-refractivity contribution in [3.63, 3.8) is 0 Å². The van der Waals surface area contributed by atoms with Gasteiger partial charge in [0.2, 0.25) is 0 Å². The fourth-order valence-electron chi connectivity index (χ4n) is 5.76. The molecule has 0 spiro atoms. The zero-order chi connectivity index (χ0) is 26.8. The van der Waals surface area contributed by atoms with Crippen molar-refractivity contribution in [1.29, 1.82) is 5.26 Å². The third-order valence-corrected chi connectivity index (χ3v) is 8.78. The molecule has 2 atom stereocenters. The molecule has 1 aliphatic heterocycles. The monoisotopic (exact) mass is 530 g/mol. The van der Waals surface area contributed by atoms with E-state index in [4.69, 9.17) is 4.99 Å². The summed E-state index contributed by atoms with van der Waals surface area (Å²) in [5.41, 5.74) is 4.57. The third kappa shape index (κ3) is 5.03. The molecule has 0 unspecified atom stereocenters.